The Hall–Kier alpha value is -1.10. The van der Waals surface area contributed by atoms with E-state index in [-0.39, 0.29) is 12.0 Å². The Morgan fingerprint density at radius 3 is 2.52 bits per heavy atom. The van der Waals surface area contributed by atoms with Crippen LogP contribution in [0.25, 0.3) is 0 Å². The van der Waals surface area contributed by atoms with Crippen molar-refractivity contribution in [2.45, 2.75) is 45.1 Å². The Morgan fingerprint density at radius 2 is 1.88 bits per heavy atom. The molecular weight excluding hydrogens is 312 g/mol. The average Bonchev–Trinajstić information content (AvgIpc) is 2.67. The predicted molar refractivity (Wildman–Crippen MR) is 103 cm³/mol. The standard InChI is InChI=1S/C21H34N2O2/c1-18-4-6-19(7-5-18)22-13-8-20(9-14-22)23-12-3-10-21(16-23,17-24)11-15-25-2/h4-7,20,24H,3,8-17H2,1-2H3. The van der Waals surface area contributed by atoms with Gasteiger partial charge >= 0.3 is 0 Å². The first-order valence-corrected chi connectivity index (χ1v) is 9.81. The van der Waals surface area contributed by atoms with E-state index in [1.54, 1.807) is 7.11 Å². The highest BCUT2D eigenvalue weighted by Crippen LogP contribution is 2.35. The van der Waals surface area contributed by atoms with Crippen LogP contribution >= 0.6 is 0 Å². The maximum absolute atomic E-state index is 10.0. The van der Waals surface area contributed by atoms with Gasteiger partial charge in [-0.25, -0.2) is 0 Å². The molecule has 25 heavy (non-hydrogen) atoms. The molecule has 0 spiro atoms. The number of nitrogens with zero attached hydrogens (tertiary/aromatic N) is 2. The zero-order valence-corrected chi connectivity index (χ0v) is 15.9. The fourth-order valence-electron chi connectivity index (χ4n) is 4.53. The van der Waals surface area contributed by atoms with Crippen LogP contribution in [0.4, 0.5) is 5.69 Å². The van der Waals surface area contributed by atoms with Crippen LogP contribution in [0.1, 0.15) is 37.7 Å². The molecule has 0 bridgehead atoms. The van der Waals surface area contributed by atoms with Crippen LogP contribution in [-0.4, -0.2) is 62.6 Å². The molecular formula is C21H34N2O2. The van der Waals surface area contributed by atoms with Gasteiger partial charge in [0.2, 0.25) is 0 Å². The maximum atomic E-state index is 10.0. The number of hydrogen-bond acceptors (Lipinski definition) is 4. The van der Waals surface area contributed by atoms with E-state index in [0.717, 1.165) is 39.1 Å². The molecule has 0 aliphatic carbocycles. The summed E-state index contributed by atoms with van der Waals surface area (Å²) in [6.45, 7) is 7.66. The molecule has 0 amide bonds. The molecule has 1 N–H and O–H groups in total. The predicted octanol–water partition coefficient (Wildman–Crippen LogP) is 3.07. The van der Waals surface area contributed by atoms with Gasteiger partial charge in [-0.05, 0) is 57.7 Å². The van der Waals surface area contributed by atoms with Gasteiger partial charge in [0.15, 0.2) is 0 Å². The molecule has 1 aromatic rings. The Bertz CT molecular complexity index is 525. The SMILES string of the molecule is COCCC1(CO)CCCN(C2CCN(c3ccc(C)cc3)CC2)C1. The summed E-state index contributed by atoms with van der Waals surface area (Å²) in [4.78, 5) is 5.17. The van der Waals surface area contributed by atoms with Crippen LogP contribution in [0.5, 0.6) is 0 Å². The summed E-state index contributed by atoms with van der Waals surface area (Å²) >= 11 is 0. The third kappa shape index (κ3) is 4.55. The molecule has 2 aliphatic heterocycles. The molecule has 0 saturated carbocycles. The van der Waals surface area contributed by atoms with Crippen molar-refractivity contribution in [3.63, 3.8) is 0 Å². The fourth-order valence-corrected chi connectivity index (χ4v) is 4.53. The number of aryl methyl sites for hydroxylation is 1. The van der Waals surface area contributed by atoms with Crippen molar-refractivity contribution in [2.75, 3.05) is 51.4 Å². The van der Waals surface area contributed by atoms with Gasteiger partial charge in [-0.1, -0.05) is 17.7 Å². The number of likely N-dealkylation sites (tertiary alicyclic amines) is 1. The fraction of sp³-hybridized carbons (Fsp3) is 0.714. The molecule has 140 valence electrons. The first-order chi connectivity index (χ1) is 12.2. The molecule has 1 unspecified atom stereocenters. The van der Waals surface area contributed by atoms with Gasteiger partial charge in [0.05, 0.1) is 6.61 Å². The number of piperidine rings is 2. The number of anilines is 1. The third-order valence-electron chi connectivity index (χ3n) is 6.24. The first-order valence-electron chi connectivity index (χ1n) is 9.81. The van der Waals surface area contributed by atoms with E-state index >= 15 is 0 Å². The van der Waals surface area contributed by atoms with Gasteiger partial charge in [-0.2, -0.15) is 0 Å². The molecule has 0 radical (unpaired) electrons. The number of ether oxygens (including phenoxy) is 1. The highest BCUT2D eigenvalue weighted by Gasteiger charge is 2.37. The molecule has 2 fully saturated rings. The van der Waals surface area contributed by atoms with Crippen LogP contribution in [0.15, 0.2) is 24.3 Å². The quantitative estimate of drug-likeness (QED) is 0.859. The summed E-state index contributed by atoms with van der Waals surface area (Å²) in [6.07, 6.45) is 5.74. The Balaban J connectivity index is 1.56. The third-order valence-corrected chi connectivity index (χ3v) is 6.24. The van der Waals surface area contributed by atoms with Gasteiger partial charge in [0.1, 0.15) is 0 Å². The van der Waals surface area contributed by atoms with E-state index < -0.39 is 0 Å². The highest BCUT2D eigenvalue weighted by molar-refractivity contribution is 5.47. The van der Waals surface area contributed by atoms with Crippen molar-refractivity contribution in [3.05, 3.63) is 29.8 Å². The Kier molecular flexibility index (Phi) is 6.37. The molecule has 2 aliphatic rings. The molecule has 4 heteroatoms. The number of aliphatic hydroxyl groups is 1. The van der Waals surface area contributed by atoms with E-state index in [9.17, 15) is 5.11 Å². The number of methoxy groups -OCH3 is 1. The van der Waals surface area contributed by atoms with Crippen molar-refractivity contribution in [1.29, 1.82) is 0 Å². The second-order valence-corrected chi connectivity index (χ2v) is 8.03. The lowest BCUT2D eigenvalue weighted by Gasteiger charge is -2.47. The van der Waals surface area contributed by atoms with E-state index in [2.05, 4.69) is 41.0 Å². The smallest absolute Gasteiger partial charge is 0.0500 e. The largest absolute Gasteiger partial charge is 0.396 e. The number of hydrogen-bond donors (Lipinski definition) is 1. The topological polar surface area (TPSA) is 35.9 Å². The van der Waals surface area contributed by atoms with E-state index in [0.29, 0.717) is 6.04 Å². The lowest BCUT2D eigenvalue weighted by Crippen LogP contribution is -2.53. The zero-order valence-electron chi connectivity index (χ0n) is 15.9. The average molecular weight is 347 g/mol. The second kappa shape index (κ2) is 8.52. The summed E-state index contributed by atoms with van der Waals surface area (Å²) < 4.78 is 5.29. The molecule has 0 aromatic heterocycles. The van der Waals surface area contributed by atoms with Crippen molar-refractivity contribution in [1.82, 2.24) is 4.90 Å². The van der Waals surface area contributed by atoms with Crippen LogP contribution < -0.4 is 4.90 Å². The summed E-state index contributed by atoms with van der Waals surface area (Å²) in [5, 5.41) is 10.0. The Morgan fingerprint density at radius 1 is 1.16 bits per heavy atom. The van der Waals surface area contributed by atoms with E-state index in [4.69, 9.17) is 4.74 Å². The molecule has 1 atom stereocenters. The molecule has 2 heterocycles. The number of benzene rings is 1. The van der Waals surface area contributed by atoms with Crippen LogP contribution in [0.3, 0.4) is 0 Å². The minimum atomic E-state index is 0.0440. The molecule has 2 saturated heterocycles. The summed E-state index contributed by atoms with van der Waals surface area (Å²) in [5.74, 6) is 0. The minimum absolute atomic E-state index is 0.0440. The normalized spacial score (nSPS) is 26.1. The van der Waals surface area contributed by atoms with Crippen LogP contribution in [0, 0.1) is 12.3 Å². The van der Waals surface area contributed by atoms with Gasteiger partial charge in [-0.15, -0.1) is 0 Å². The summed E-state index contributed by atoms with van der Waals surface area (Å²) in [5.41, 5.74) is 2.72. The zero-order chi connectivity index (χ0) is 17.7. The first kappa shape index (κ1) is 18.7. The van der Waals surface area contributed by atoms with Gasteiger partial charge in [0.25, 0.3) is 0 Å². The van der Waals surface area contributed by atoms with Crippen LogP contribution in [-0.2, 0) is 4.74 Å². The van der Waals surface area contributed by atoms with E-state index in [1.165, 1.54) is 37.1 Å². The number of aliphatic hydroxyl groups excluding tert-OH is 1. The molecule has 3 rings (SSSR count). The molecule has 1 aromatic carbocycles. The number of rotatable bonds is 6. The van der Waals surface area contributed by atoms with Gasteiger partial charge in [0, 0.05) is 50.5 Å². The van der Waals surface area contributed by atoms with Crippen LogP contribution in [0.2, 0.25) is 0 Å². The van der Waals surface area contributed by atoms with E-state index in [1.807, 2.05) is 0 Å². The lowest BCUT2D eigenvalue weighted by atomic mass is 9.77. The highest BCUT2D eigenvalue weighted by atomic mass is 16.5. The van der Waals surface area contributed by atoms with Crippen molar-refractivity contribution < 1.29 is 9.84 Å². The molecule has 4 nitrogen and oxygen atoms in total. The lowest BCUT2D eigenvalue weighted by molar-refractivity contribution is -0.0118. The van der Waals surface area contributed by atoms with Gasteiger partial charge < -0.3 is 14.7 Å². The van der Waals surface area contributed by atoms with Gasteiger partial charge in [-0.3, -0.25) is 4.90 Å². The van der Waals surface area contributed by atoms with Crippen molar-refractivity contribution in [2.24, 2.45) is 5.41 Å². The monoisotopic (exact) mass is 346 g/mol. The maximum Gasteiger partial charge on any atom is 0.0500 e. The summed E-state index contributed by atoms with van der Waals surface area (Å²) in [6, 6.07) is 9.57. The second-order valence-electron chi connectivity index (χ2n) is 8.03. The Labute approximate surface area is 152 Å². The van der Waals surface area contributed by atoms with Crippen molar-refractivity contribution in [3.8, 4) is 0 Å². The minimum Gasteiger partial charge on any atom is -0.396 e. The summed E-state index contributed by atoms with van der Waals surface area (Å²) in [7, 11) is 1.76. The van der Waals surface area contributed by atoms with Crippen molar-refractivity contribution >= 4 is 5.69 Å².